The Kier molecular flexibility index (Phi) is 5.06. The van der Waals surface area contributed by atoms with Crippen molar-refractivity contribution in [2.24, 2.45) is 0 Å². The molecular formula is C23H15ClO5. The highest BCUT2D eigenvalue weighted by atomic mass is 35.5. The lowest BCUT2D eigenvalue weighted by Gasteiger charge is -2.06. The van der Waals surface area contributed by atoms with E-state index in [2.05, 4.69) is 0 Å². The van der Waals surface area contributed by atoms with Gasteiger partial charge >= 0.3 is 5.97 Å². The number of ether oxygens (including phenoxy) is 3. The third kappa shape index (κ3) is 4.00. The second kappa shape index (κ2) is 7.81. The van der Waals surface area contributed by atoms with E-state index in [1.807, 2.05) is 12.1 Å². The van der Waals surface area contributed by atoms with Gasteiger partial charge < -0.3 is 14.2 Å². The van der Waals surface area contributed by atoms with Crippen LogP contribution in [-0.2, 0) is 0 Å². The summed E-state index contributed by atoms with van der Waals surface area (Å²) in [5, 5.41) is 0.530. The molecule has 0 amide bonds. The van der Waals surface area contributed by atoms with Crippen LogP contribution in [0.3, 0.4) is 0 Å². The number of ketones is 1. The van der Waals surface area contributed by atoms with E-state index in [1.165, 1.54) is 6.07 Å². The minimum atomic E-state index is -0.528. The lowest BCUT2D eigenvalue weighted by atomic mass is 10.1. The van der Waals surface area contributed by atoms with Gasteiger partial charge in [0, 0.05) is 11.1 Å². The number of esters is 1. The number of Topliss-reactive ketones (excluding diaryl/α,β-unsaturated/α-hetero) is 1. The van der Waals surface area contributed by atoms with Crippen molar-refractivity contribution in [1.82, 2.24) is 0 Å². The number of hydrogen-bond acceptors (Lipinski definition) is 5. The molecule has 0 spiro atoms. The van der Waals surface area contributed by atoms with Crippen LogP contribution < -0.4 is 14.2 Å². The Bertz CT molecular complexity index is 1120. The van der Waals surface area contributed by atoms with Crippen LogP contribution in [0.15, 0.2) is 72.5 Å². The van der Waals surface area contributed by atoms with E-state index >= 15 is 0 Å². The van der Waals surface area contributed by atoms with Crippen molar-refractivity contribution in [3.8, 4) is 17.2 Å². The van der Waals surface area contributed by atoms with E-state index in [-0.39, 0.29) is 17.3 Å². The number of benzene rings is 3. The highest BCUT2D eigenvalue weighted by Crippen LogP contribution is 2.35. The summed E-state index contributed by atoms with van der Waals surface area (Å²) in [5.41, 5.74) is 1.58. The number of fused-ring (bicyclic) bond motifs is 1. The molecule has 1 aliphatic rings. The zero-order valence-electron chi connectivity index (χ0n) is 15.3. The summed E-state index contributed by atoms with van der Waals surface area (Å²) in [6.45, 7) is 0. The molecule has 3 aromatic carbocycles. The largest absolute Gasteiger partial charge is 0.497 e. The fraction of sp³-hybridized carbons (Fsp3) is 0.0435. The molecule has 0 bridgehead atoms. The van der Waals surface area contributed by atoms with E-state index in [1.54, 1.807) is 61.7 Å². The average molecular weight is 407 g/mol. The SMILES string of the molecule is COc1ccc(C=C2Oc3cc(OC(=O)c4ccc(Cl)cc4)ccc3C2=O)cc1. The summed E-state index contributed by atoms with van der Waals surface area (Å²) in [6.07, 6.45) is 1.65. The monoisotopic (exact) mass is 406 g/mol. The lowest BCUT2D eigenvalue weighted by Crippen LogP contribution is -2.08. The summed E-state index contributed by atoms with van der Waals surface area (Å²) >= 11 is 5.83. The van der Waals surface area contributed by atoms with Crippen molar-refractivity contribution in [1.29, 1.82) is 0 Å². The van der Waals surface area contributed by atoms with Crippen molar-refractivity contribution in [3.63, 3.8) is 0 Å². The fourth-order valence-electron chi connectivity index (χ4n) is 2.83. The summed E-state index contributed by atoms with van der Waals surface area (Å²) in [5.74, 6) is 0.789. The standard InChI is InChI=1S/C23H15ClO5/c1-27-17-8-2-14(3-9-17)12-21-22(25)19-11-10-18(13-20(19)29-21)28-23(26)15-4-6-16(24)7-5-15/h2-13H,1H3. The number of rotatable bonds is 4. The maximum Gasteiger partial charge on any atom is 0.343 e. The molecule has 4 rings (SSSR count). The molecule has 29 heavy (non-hydrogen) atoms. The van der Waals surface area contributed by atoms with E-state index < -0.39 is 5.97 Å². The van der Waals surface area contributed by atoms with Gasteiger partial charge in [0.25, 0.3) is 0 Å². The van der Waals surface area contributed by atoms with Gasteiger partial charge in [-0.15, -0.1) is 0 Å². The first-order valence-corrected chi connectivity index (χ1v) is 9.11. The molecule has 1 aliphatic heterocycles. The summed E-state index contributed by atoms with van der Waals surface area (Å²) < 4.78 is 16.2. The summed E-state index contributed by atoms with van der Waals surface area (Å²) in [6, 6.07) is 18.3. The Morgan fingerprint density at radius 3 is 2.34 bits per heavy atom. The molecule has 0 fully saturated rings. The van der Waals surface area contributed by atoms with Gasteiger partial charge in [-0.05, 0) is 60.2 Å². The van der Waals surface area contributed by atoms with Crippen molar-refractivity contribution in [2.45, 2.75) is 0 Å². The van der Waals surface area contributed by atoms with Crippen LogP contribution in [0.5, 0.6) is 17.2 Å². The molecular weight excluding hydrogens is 392 g/mol. The number of halogens is 1. The molecule has 0 atom stereocenters. The van der Waals surface area contributed by atoms with Crippen molar-refractivity contribution < 1.29 is 23.8 Å². The minimum Gasteiger partial charge on any atom is -0.497 e. The predicted octanol–water partition coefficient (Wildman–Crippen LogP) is 5.18. The molecule has 3 aromatic rings. The Morgan fingerprint density at radius 1 is 0.966 bits per heavy atom. The molecule has 1 heterocycles. The molecule has 0 saturated heterocycles. The quantitative estimate of drug-likeness (QED) is 0.339. The first-order valence-electron chi connectivity index (χ1n) is 8.73. The van der Waals surface area contributed by atoms with Gasteiger partial charge in [0.2, 0.25) is 5.78 Å². The third-order valence-electron chi connectivity index (χ3n) is 4.35. The Morgan fingerprint density at radius 2 is 1.66 bits per heavy atom. The van der Waals surface area contributed by atoms with Crippen molar-refractivity contribution >= 4 is 29.4 Å². The molecule has 5 nitrogen and oxygen atoms in total. The van der Waals surface area contributed by atoms with Gasteiger partial charge in [0.1, 0.15) is 17.2 Å². The first kappa shape index (κ1) is 18.8. The molecule has 0 aliphatic carbocycles. The van der Waals surface area contributed by atoms with Crippen LogP contribution in [0, 0.1) is 0 Å². The fourth-order valence-corrected chi connectivity index (χ4v) is 2.96. The second-order valence-electron chi connectivity index (χ2n) is 6.27. The highest BCUT2D eigenvalue weighted by molar-refractivity contribution is 6.30. The van der Waals surface area contributed by atoms with Crippen LogP contribution in [0.4, 0.5) is 0 Å². The number of carbonyl (C=O) groups is 2. The first-order chi connectivity index (χ1) is 14.0. The summed E-state index contributed by atoms with van der Waals surface area (Å²) in [4.78, 5) is 24.8. The topological polar surface area (TPSA) is 61.8 Å². The zero-order chi connectivity index (χ0) is 20.4. The summed E-state index contributed by atoms with van der Waals surface area (Å²) in [7, 11) is 1.59. The van der Waals surface area contributed by atoms with Crippen LogP contribution in [-0.4, -0.2) is 18.9 Å². The zero-order valence-corrected chi connectivity index (χ0v) is 16.1. The second-order valence-corrected chi connectivity index (χ2v) is 6.70. The van der Waals surface area contributed by atoms with Crippen LogP contribution >= 0.6 is 11.6 Å². The van der Waals surface area contributed by atoms with Gasteiger partial charge in [-0.3, -0.25) is 4.79 Å². The normalized spacial score (nSPS) is 13.7. The minimum absolute atomic E-state index is 0.200. The van der Waals surface area contributed by atoms with Gasteiger partial charge in [-0.2, -0.15) is 0 Å². The van der Waals surface area contributed by atoms with Gasteiger partial charge in [0.05, 0.1) is 18.2 Å². The molecule has 0 aromatic heterocycles. The molecule has 0 radical (unpaired) electrons. The highest BCUT2D eigenvalue weighted by Gasteiger charge is 2.28. The smallest absolute Gasteiger partial charge is 0.343 e. The van der Waals surface area contributed by atoms with E-state index in [0.29, 0.717) is 21.9 Å². The maximum atomic E-state index is 12.6. The third-order valence-corrected chi connectivity index (χ3v) is 4.60. The van der Waals surface area contributed by atoms with Crippen LogP contribution in [0.2, 0.25) is 5.02 Å². The van der Waals surface area contributed by atoms with Crippen LogP contribution in [0.1, 0.15) is 26.3 Å². The molecule has 6 heteroatoms. The molecule has 144 valence electrons. The number of carbonyl (C=O) groups excluding carboxylic acids is 2. The van der Waals surface area contributed by atoms with Gasteiger partial charge in [-0.25, -0.2) is 4.79 Å². The molecule has 0 saturated carbocycles. The van der Waals surface area contributed by atoms with E-state index in [0.717, 1.165) is 11.3 Å². The predicted molar refractivity (Wildman–Crippen MR) is 109 cm³/mol. The lowest BCUT2D eigenvalue weighted by molar-refractivity contribution is 0.0734. The Balaban J connectivity index is 1.52. The van der Waals surface area contributed by atoms with Crippen molar-refractivity contribution in [3.05, 3.63) is 94.2 Å². The van der Waals surface area contributed by atoms with E-state index in [4.69, 9.17) is 25.8 Å². The van der Waals surface area contributed by atoms with Gasteiger partial charge in [0.15, 0.2) is 5.76 Å². The van der Waals surface area contributed by atoms with Gasteiger partial charge in [-0.1, -0.05) is 23.7 Å². The van der Waals surface area contributed by atoms with E-state index in [9.17, 15) is 9.59 Å². The maximum absolute atomic E-state index is 12.6. The number of allylic oxidation sites excluding steroid dienone is 1. The van der Waals surface area contributed by atoms with Crippen molar-refractivity contribution in [2.75, 3.05) is 7.11 Å². The average Bonchev–Trinajstić information content (AvgIpc) is 3.03. The molecule has 0 unspecified atom stereocenters. The Labute approximate surface area is 172 Å². The van der Waals surface area contributed by atoms with Crippen LogP contribution in [0.25, 0.3) is 6.08 Å². The molecule has 0 N–H and O–H groups in total. The number of hydrogen-bond donors (Lipinski definition) is 0. The Hall–Kier alpha value is -3.57. The number of methoxy groups -OCH3 is 1.